The molecule has 0 amide bonds. The Morgan fingerprint density at radius 3 is 2.46 bits per heavy atom. The number of halogens is 1. The van der Waals surface area contributed by atoms with E-state index in [0.717, 1.165) is 25.7 Å². The van der Waals surface area contributed by atoms with Crippen molar-refractivity contribution < 1.29 is 5.11 Å². The maximum absolute atomic E-state index is 8.66. The maximum atomic E-state index is 8.66. The van der Waals surface area contributed by atoms with Crippen LogP contribution in [-0.4, -0.2) is 17.1 Å². The SMILES string of the molecule is CCCCC(Cl)CC(C)CCCO. The fourth-order valence-electron chi connectivity index (χ4n) is 1.54. The van der Waals surface area contributed by atoms with E-state index in [9.17, 15) is 0 Å². The first kappa shape index (κ1) is 13.2. The van der Waals surface area contributed by atoms with Crippen LogP contribution >= 0.6 is 11.6 Å². The molecule has 0 aromatic rings. The van der Waals surface area contributed by atoms with Gasteiger partial charge in [-0.25, -0.2) is 0 Å². The van der Waals surface area contributed by atoms with Crippen molar-refractivity contribution in [2.45, 2.75) is 57.7 Å². The van der Waals surface area contributed by atoms with Crippen LogP contribution < -0.4 is 0 Å². The normalized spacial score (nSPS) is 15.7. The van der Waals surface area contributed by atoms with Crippen molar-refractivity contribution in [2.75, 3.05) is 6.61 Å². The molecule has 0 aliphatic carbocycles. The van der Waals surface area contributed by atoms with Gasteiger partial charge in [0.1, 0.15) is 0 Å². The third-order valence-electron chi connectivity index (χ3n) is 2.38. The number of rotatable bonds is 8. The lowest BCUT2D eigenvalue weighted by molar-refractivity contribution is 0.271. The molecule has 0 aliphatic heterocycles. The third kappa shape index (κ3) is 8.58. The van der Waals surface area contributed by atoms with Crippen LogP contribution in [0.4, 0.5) is 0 Å². The molecular weight excluding hydrogens is 184 g/mol. The van der Waals surface area contributed by atoms with Crippen LogP contribution in [0.1, 0.15) is 52.4 Å². The molecule has 0 aromatic heterocycles. The van der Waals surface area contributed by atoms with Gasteiger partial charge in [0.05, 0.1) is 0 Å². The molecule has 80 valence electrons. The Balaban J connectivity index is 3.35. The van der Waals surface area contributed by atoms with Gasteiger partial charge in [0, 0.05) is 12.0 Å². The first-order chi connectivity index (χ1) is 6.20. The number of aliphatic hydroxyl groups excluding tert-OH is 1. The van der Waals surface area contributed by atoms with Gasteiger partial charge in [0.25, 0.3) is 0 Å². The van der Waals surface area contributed by atoms with E-state index < -0.39 is 0 Å². The molecule has 2 atom stereocenters. The van der Waals surface area contributed by atoms with Gasteiger partial charge in [-0.3, -0.25) is 0 Å². The van der Waals surface area contributed by atoms with Crippen LogP contribution in [0.5, 0.6) is 0 Å². The van der Waals surface area contributed by atoms with E-state index in [1.165, 1.54) is 12.8 Å². The number of hydrogen-bond donors (Lipinski definition) is 1. The van der Waals surface area contributed by atoms with Gasteiger partial charge in [0.2, 0.25) is 0 Å². The van der Waals surface area contributed by atoms with E-state index in [4.69, 9.17) is 16.7 Å². The average Bonchev–Trinajstić information content (AvgIpc) is 2.11. The molecule has 1 N–H and O–H groups in total. The monoisotopic (exact) mass is 206 g/mol. The zero-order valence-electron chi connectivity index (χ0n) is 8.93. The summed E-state index contributed by atoms with van der Waals surface area (Å²) in [6.07, 6.45) is 6.72. The predicted octanol–water partition coefficient (Wildman–Crippen LogP) is 3.58. The Morgan fingerprint density at radius 1 is 1.23 bits per heavy atom. The minimum atomic E-state index is 0.312. The lowest BCUT2D eigenvalue weighted by atomic mass is 9.98. The van der Waals surface area contributed by atoms with Crippen molar-refractivity contribution in [3.05, 3.63) is 0 Å². The largest absolute Gasteiger partial charge is 0.396 e. The highest BCUT2D eigenvalue weighted by atomic mass is 35.5. The molecule has 0 bridgehead atoms. The zero-order chi connectivity index (χ0) is 10.1. The lowest BCUT2D eigenvalue weighted by Crippen LogP contribution is -2.06. The van der Waals surface area contributed by atoms with Crippen LogP contribution in [0, 0.1) is 5.92 Å². The minimum absolute atomic E-state index is 0.312. The van der Waals surface area contributed by atoms with Crippen molar-refractivity contribution >= 4 is 11.6 Å². The van der Waals surface area contributed by atoms with E-state index >= 15 is 0 Å². The average molecular weight is 207 g/mol. The first-order valence-electron chi connectivity index (χ1n) is 5.45. The molecule has 13 heavy (non-hydrogen) atoms. The Labute approximate surface area is 87.5 Å². The smallest absolute Gasteiger partial charge is 0.0431 e. The molecule has 0 spiro atoms. The maximum Gasteiger partial charge on any atom is 0.0431 e. The summed E-state index contributed by atoms with van der Waals surface area (Å²) in [6.45, 7) is 4.72. The summed E-state index contributed by atoms with van der Waals surface area (Å²) >= 11 is 6.17. The van der Waals surface area contributed by atoms with Gasteiger partial charge >= 0.3 is 0 Å². The second kappa shape index (κ2) is 8.83. The molecule has 0 fully saturated rings. The molecule has 0 saturated heterocycles. The summed E-state index contributed by atoms with van der Waals surface area (Å²) in [4.78, 5) is 0. The summed E-state index contributed by atoms with van der Waals surface area (Å²) < 4.78 is 0. The summed E-state index contributed by atoms with van der Waals surface area (Å²) in [5.41, 5.74) is 0. The summed E-state index contributed by atoms with van der Waals surface area (Å²) in [5.74, 6) is 0.659. The van der Waals surface area contributed by atoms with Crippen molar-refractivity contribution in [1.82, 2.24) is 0 Å². The highest BCUT2D eigenvalue weighted by molar-refractivity contribution is 6.20. The predicted molar refractivity (Wildman–Crippen MR) is 59.3 cm³/mol. The molecule has 0 aromatic carbocycles. The van der Waals surface area contributed by atoms with Crippen LogP contribution in [0.25, 0.3) is 0 Å². The second-order valence-corrected chi connectivity index (χ2v) is 4.56. The lowest BCUT2D eigenvalue weighted by Gasteiger charge is -2.14. The van der Waals surface area contributed by atoms with Crippen molar-refractivity contribution in [1.29, 1.82) is 0 Å². The standard InChI is InChI=1S/C11H23ClO/c1-3-4-7-11(12)9-10(2)6-5-8-13/h10-11,13H,3-9H2,1-2H3. The molecular formula is C11H23ClO. The van der Waals surface area contributed by atoms with E-state index in [2.05, 4.69) is 13.8 Å². The van der Waals surface area contributed by atoms with E-state index in [-0.39, 0.29) is 0 Å². The zero-order valence-corrected chi connectivity index (χ0v) is 9.69. The number of unbranched alkanes of at least 4 members (excludes halogenated alkanes) is 1. The van der Waals surface area contributed by atoms with E-state index in [0.29, 0.717) is 17.9 Å². The molecule has 2 unspecified atom stereocenters. The molecule has 0 aliphatic rings. The van der Waals surface area contributed by atoms with Gasteiger partial charge in [0.15, 0.2) is 0 Å². The van der Waals surface area contributed by atoms with Gasteiger partial charge in [-0.15, -0.1) is 11.6 Å². The molecule has 0 heterocycles. The molecule has 0 rings (SSSR count). The Bertz CT molecular complexity index is 94.3. The molecule has 2 heteroatoms. The molecule has 1 nitrogen and oxygen atoms in total. The molecule has 0 radical (unpaired) electrons. The van der Waals surface area contributed by atoms with E-state index in [1.807, 2.05) is 0 Å². The highest BCUT2D eigenvalue weighted by Crippen LogP contribution is 2.20. The summed E-state index contributed by atoms with van der Waals surface area (Å²) in [5, 5.41) is 9.00. The Morgan fingerprint density at radius 2 is 1.92 bits per heavy atom. The highest BCUT2D eigenvalue weighted by Gasteiger charge is 2.09. The van der Waals surface area contributed by atoms with Crippen LogP contribution in [0.15, 0.2) is 0 Å². The summed E-state index contributed by atoms with van der Waals surface area (Å²) in [6, 6.07) is 0. The topological polar surface area (TPSA) is 20.2 Å². The van der Waals surface area contributed by atoms with Crippen molar-refractivity contribution in [2.24, 2.45) is 5.92 Å². The van der Waals surface area contributed by atoms with Crippen molar-refractivity contribution in [3.63, 3.8) is 0 Å². The number of alkyl halides is 1. The molecule has 0 saturated carbocycles. The fraction of sp³-hybridized carbons (Fsp3) is 1.00. The van der Waals surface area contributed by atoms with Gasteiger partial charge in [-0.2, -0.15) is 0 Å². The minimum Gasteiger partial charge on any atom is -0.396 e. The van der Waals surface area contributed by atoms with Gasteiger partial charge in [-0.05, 0) is 31.6 Å². The van der Waals surface area contributed by atoms with E-state index in [1.54, 1.807) is 0 Å². The van der Waals surface area contributed by atoms with Crippen LogP contribution in [0.2, 0.25) is 0 Å². The van der Waals surface area contributed by atoms with Gasteiger partial charge < -0.3 is 5.11 Å². The Hall–Kier alpha value is 0.250. The first-order valence-corrected chi connectivity index (χ1v) is 5.89. The second-order valence-electron chi connectivity index (χ2n) is 3.95. The Kier molecular flexibility index (Phi) is 9.00. The van der Waals surface area contributed by atoms with Crippen molar-refractivity contribution in [3.8, 4) is 0 Å². The quantitative estimate of drug-likeness (QED) is 0.602. The van der Waals surface area contributed by atoms with Crippen LogP contribution in [-0.2, 0) is 0 Å². The third-order valence-corrected chi connectivity index (χ3v) is 2.78. The van der Waals surface area contributed by atoms with Gasteiger partial charge in [-0.1, -0.05) is 26.7 Å². The number of hydrogen-bond acceptors (Lipinski definition) is 1. The fourth-order valence-corrected chi connectivity index (χ4v) is 2.00. The number of aliphatic hydroxyl groups is 1. The van der Waals surface area contributed by atoms with Crippen LogP contribution in [0.3, 0.4) is 0 Å². The summed E-state index contributed by atoms with van der Waals surface area (Å²) in [7, 11) is 0.